The quantitative estimate of drug-likeness (QED) is 0.0602. The minimum atomic E-state index is -1.49. The van der Waals surface area contributed by atoms with Gasteiger partial charge in [0.15, 0.2) is 0 Å². The van der Waals surface area contributed by atoms with E-state index in [1.54, 1.807) is 6.08 Å². The zero-order chi connectivity index (χ0) is 31.4. The van der Waals surface area contributed by atoms with Gasteiger partial charge in [-0.05, 0) is 41.6 Å². The molecule has 0 bridgehead atoms. The van der Waals surface area contributed by atoms with Gasteiger partial charge in [0.2, 0.25) is 0 Å². The van der Waals surface area contributed by atoms with Crippen molar-refractivity contribution in [2.75, 3.05) is 0 Å². The van der Waals surface area contributed by atoms with E-state index < -0.39 is 24.3 Å². The van der Waals surface area contributed by atoms with E-state index in [1.807, 2.05) is 0 Å². The lowest BCUT2D eigenvalue weighted by Gasteiger charge is -2.19. The molecule has 0 rings (SSSR count). The molecule has 240 valence electrons. The molecule has 0 radical (unpaired) electrons. The third-order valence-electron chi connectivity index (χ3n) is 8.25. The van der Waals surface area contributed by atoms with Gasteiger partial charge >= 0.3 is 0 Å². The number of carbonyl (C=O) groups excluding carboxylic acids is 2. The topological polar surface area (TPSA) is 80.3 Å². The number of hydrogen-bond acceptors (Lipinski definition) is 4. The Bertz CT molecular complexity index is 819. The summed E-state index contributed by atoms with van der Waals surface area (Å²) >= 11 is 0. The summed E-state index contributed by atoms with van der Waals surface area (Å²) < 4.78 is 0. The number of carbonyl (C=O) groups is 2. The highest BCUT2D eigenvalue weighted by atomic mass is 16.4. The van der Waals surface area contributed by atoms with Crippen LogP contribution in [0.25, 0.3) is 0 Å². The Hall–Kier alpha value is -2.36. The van der Waals surface area contributed by atoms with Crippen molar-refractivity contribution in [2.45, 2.75) is 161 Å². The molecule has 0 aliphatic carbocycles. The van der Waals surface area contributed by atoms with E-state index in [0.717, 1.165) is 18.4 Å². The van der Waals surface area contributed by atoms with Gasteiger partial charge in [-0.2, -0.15) is 0 Å². The van der Waals surface area contributed by atoms with Crippen LogP contribution in [0.15, 0.2) is 60.8 Å². The van der Waals surface area contributed by atoms with E-state index in [0.29, 0.717) is 11.1 Å². The fraction of sp³-hybridized carbons (Fsp3) is 0.684. The van der Waals surface area contributed by atoms with Crippen LogP contribution in [0, 0.1) is 5.92 Å². The van der Waals surface area contributed by atoms with Crippen LogP contribution in [0.4, 0.5) is 0 Å². The normalized spacial score (nSPS) is 11.9. The van der Waals surface area contributed by atoms with Gasteiger partial charge in [0.1, 0.15) is 0 Å². The Balaban J connectivity index is 3.65. The van der Waals surface area contributed by atoms with Crippen LogP contribution in [-0.2, 0) is 9.59 Å². The molecule has 1 unspecified atom stereocenters. The van der Waals surface area contributed by atoms with Crippen LogP contribution in [0.1, 0.15) is 161 Å². The lowest BCUT2D eigenvalue weighted by Crippen LogP contribution is -2.36. The minimum absolute atomic E-state index is 0.123. The zero-order valence-corrected chi connectivity index (χ0v) is 27.2. The summed E-state index contributed by atoms with van der Waals surface area (Å²) in [6, 6.07) is 0. The highest BCUT2D eigenvalue weighted by molar-refractivity contribution is 5.79. The van der Waals surface area contributed by atoms with Crippen LogP contribution in [0.2, 0.25) is 0 Å². The fourth-order valence-corrected chi connectivity index (χ4v) is 5.28. The highest BCUT2D eigenvalue weighted by Crippen LogP contribution is 2.23. The molecule has 0 amide bonds. The number of allylic oxidation sites excluding steroid dienone is 5. The first-order valence-corrected chi connectivity index (χ1v) is 17.0. The molecule has 0 saturated heterocycles. The Morgan fingerprint density at radius 1 is 0.571 bits per heavy atom. The third-order valence-corrected chi connectivity index (χ3v) is 8.25. The maximum atomic E-state index is 11.2. The van der Waals surface area contributed by atoms with Crippen molar-refractivity contribution in [2.24, 2.45) is 5.92 Å². The van der Waals surface area contributed by atoms with E-state index in [2.05, 4.69) is 33.2 Å². The van der Waals surface area contributed by atoms with Crippen molar-refractivity contribution in [1.82, 2.24) is 0 Å². The number of carboxylic acid groups (broad SMARTS) is 2. The SMILES string of the molecule is C=C(/C=C/C(=C)C(CC(=O)[O-])C(=O)[O-])C(=C)C(=C)CCCCCCCCCCCCCCCCCCCCCCCC. The van der Waals surface area contributed by atoms with Gasteiger partial charge in [0.05, 0.1) is 0 Å². The largest absolute Gasteiger partial charge is 0.550 e. The van der Waals surface area contributed by atoms with Gasteiger partial charge in [-0.3, -0.25) is 0 Å². The summed E-state index contributed by atoms with van der Waals surface area (Å²) in [5.74, 6) is -4.29. The summed E-state index contributed by atoms with van der Waals surface area (Å²) in [7, 11) is 0. The molecule has 4 nitrogen and oxygen atoms in total. The Kier molecular flexibility index (Phi) is 25.9. The molecule has 0 aliphatic rings. The molecule has 0 saturated carbocycles. The van der Waals surface area contributed by atoms with Crippen molar-refractivity contribution in [3.05, 3.63) is 60.8 Å². The van der Waals surface area contributed by atoms with E-state index in [-0.39, 0.29) is 5.57 Å². The Morgan fingerprint density at radius 2 is 0.929 bits per heavy atom. The summed E-state index contributed by atoms with van der Waals surface area (Å²) in [6.07, 6.45) is 33.3. The summed E-state index contributed by atoms with van der Waals surface area (Å²) in [6.45, 7) is 18.1. The van der Waals surface area contributed by atoms with Crippen LogP contribution < -0.4 is 10.2 Å². The second-order valence-electron chi connectivity index (χ2n) is 12.1. The van der Waals surface area contributed by atoms with Gasteiger partial charge in [-0.25, -0.2) is 0 Å². The molecule has 0 aromatic heterocycles. The van der Waals surface area contributed by atoms with Gasteiger partial charge in [0.25, 0.3) is 0 Å². The van der Waals surface area contributed by atoms with Gasteiger partial charge < -0.3 is 19.8 Å². The van der Waals surface area contributed by atoms with Crippen molar-refractivity contribution in [3.63, 3.8) is 0 Å². The zero-order valence-electron chi connectivity index (χ0n) is 27.2. The smallest absolute Gasteiger partial charge is 0.0492 e. The molecule has 0 fully saturated rings. The molecule has 0 N–H and O–H groups in total. The summed E-state index contributed by atoms with van der Waals surface area (Å²) in [4.78, 5) is 21.9. The number of carboxylic acids is 2. The lowest BCUT2D eigenvalue weighted by molar-refractivity contribution is -0.319. The minimum Gasteiger partial charge on any atom is -0.550 e. The molecule has 0 aromatic carbocycles. The number of rotatable bonds is 31. The molecular weight excluding hydrogens is 520 g/mol. The predicted molar refractivity (Wildman–Crippen MR) is 176 cm³/mol. The number of unbranched alkanes of at least 4 members (excludes halogenated alkanes) is 21. The fourth-order valence-electron chi connectivity index (χ4n) is 5.28. The standard InChI is InChI=1S/C38H64O4/c1-6-7-8-9-10-11-12-13-14-15-16-17-18-19-20-21-22-23-24-25-26-27-28-32(2)35(5)33(3)29-30-34(4)36(38(41)42)31-37(39)40/h29-30,36H,2-28,31H2,1H3,(H,39,40)(H,41,42)/p-2/b30-29+. The molecular formula is C38H62O4-2. The summed E-state index contributed by atoms with van der Waals surface area (Å²) in [5, 5.41) is 21.9. The molecule has 0 aromatic rings. The van der Waals surface area contributed by atoms with Gasteiger partial charge in [0, 0.05) is 17.9 Å². The molecule has 42 heavy (non-hydrogen) atoms. The molecule has 0 spiro atoms. The van der Waals surface area contributed by atoms with Crippen LogP contribution in [0.3, 0.4) is 0 Å². The number of hydrogen-bond donors (Lipinski definition) is 0. The highest BCUT2D eigenvalue weighted by Gasteiger charge is 2.13. The maximum absolute atomic E-state index is 11.2. The first-order valence-electron chi connectivity index (χ1n) is 17.0. The Labute approximate surface area is 259 Å². The first kappa shape index (κ1) is 39.6. The second-order valence-corrected chi connectivity index (χ2v) is 12.1. The van der Waals surface area contributed by atoms with E-state index >= 15 is 0 Å². The van der Waals surface area contributed by atoms with Gasteiger partial charge in [-0.15, -0.1) is 0 Å². The Morgan fingerprint density at radius 3 is 1.26 bits per heavy atom. The van der Waals surface area contributed by atoms with E-state index in [4.69, 9.17) is 0 Å². The maximum Gasteiger partial charge on any atom is 0.0492 e. The second kappa shape index (κ2) is 27.5. The van der Waals surface area contributed by atoms with Crippen molar-refractivity contribution < 1.29 is 19.8 Å². The van der Waals surface area contributed by atoms with Crippen LogP contribution in [-0.4, -0.2) is 11.9 Å². The molecule has 0 heterocycles. The van der Waals surface area contributed by atoms with Crippen LogP contribution in [0.5, 0.6) is 0 Å². The van der Waals surface area contributed by atoms with Crippen molar-refractivity contribution in [3.8, 4) is 0 Å². The lowest BCUT2D eigenvalue weighted by atomic mass is 9.93. The first-order chi connectivity index (χ1) is 20.2. The predicted octanol–water partition coefficient (Wildman–Crippen LogP) is 9.27. The molecule has 0 aliphatic heterocycles. The summed E-state index contributed by atoms with van der Waals surface area (Å²) in [5.41, 5.74) is 2.35. The van der Waals surface area contributed by atoms with Gasteiger partial charge in [-0.1, -0.05) is 180 Å². The molecule has 4 heteroatoms. The third kappa shape index (κ3) is 23.2. The average Bonchev–Trinajstić information content (AvgIpc) is 2.96. The van der Waals surface area contributed by atoms with Crippen LogP contribution >= 0.6 is 0 Å². The van der Waals surface area contributed by atoms with E-state index in [9.17, 15) is 19.8 Å². The molecule has 1 atom stereocenters. The monoisotopic (exact) mass is 582 g/mol. The van der Waals surface area contributed by atoms with Crippen molar-refractivity contribution in [1.29, 1.82) is 0 Å². The average molecular weight is 583 g/mol. The van der Waals surface area contributed by atoms with E-state index in [1.165, 1.54) is 141 Å². The van der Waals surface area contributed by atoms with Crippen molar-refractivity contribution >= 4 is 11.9 Å². The number of aliphatic carboxylic acids is 2.